The number of amides is 1. The molecular weight excluding hydrogens is 338 g/mol. The number of hydrogen-bond donors (Lipinski definition) is 2. The van der Waals surface area contributed by atoms with Gasteiger partial charge in [0.05, 0.1) is 16.9 Å². The highest BCUT2D eigenvalue weighted by molar-refractivity contribution is 5.87. The van der Waals surface area contributed by atoms with E-state index in [1.54, 1.807) is 26.0 Å². The molecule has 8 heteroatoms. The van der Waals surface area contributed by atoms with Crippen LogP contribution in [0.15, 0.2) is 24.3 Å². The Balaban J connectivity index is 1.93. The van der Waals surface area contributed by atoms with Crippen molar-refractivity contribution in [2.24, 2.45) is 0 Å². The number of likely N-dealkylation sites (N-methyl/N-ethyl adjacent to an activating group) is 1. The second kappa shape index (κ2) is 7.82. The van der Waals surface area contributed by atoms with Gasteiger partial charge < -0.3 is 10.4 Å². The third-order valence-electron chi connectivity index (χ3n) is 5.08. The number of benzene rings is 1. The molecule has 0 radical (unpaired) electrons. The molecule has 142 valence electrons. The zero-order chi connectivity index (χ0) is 19.5. The number of nitro benzene ring substituents is 1. The Bertz CT molecular complexity index is 681. The van der Waals surface area contributed by atoms with Crippen LogP contribution < -0.4 is 5.32 Å². The number of hydrogen-bond acceptors (Lipinski definition) is 5. The van der Waals surface area contributed by atoms with Gasteiger partial charge in [0.2, 0.25) is 5.91 Å². The lowest BCUT2D eigenvalue weighted by atomic mass is 9.81. The molecule has 0 saturated heterocycles. The number of nitrogens with one attached hydrogen (secondary N) is 1. The van der Waals surface area contributed by atoms with E-state index in [0.717, 1.165) is 12.8 Å². The van der Waals surface area contributed by atoms with Crippen molar-refractivity contribution >= 4 is 17.6 Å². The highest BCUT2D eigenvalue weighted by Crippen LogP contribution is 2.29. The summed E-state index contributed by atoms with van der Waals surface area (Å²) >= 11 is 0. The minimum Gasteiger partial charge on any atom is -0.480 e. The van der Waals surface area contributed by atoms with Crippen LogP contribution in [0, 0.1) is 10.1 Å². The van der Waals surface area contributed by atoms with Crippen LogP contribution in [0.25, 0.3) is 0 Å². The van der Waals surface area contributed by atoms with E-state index in [1.807, 2.05) is 11.8 Å². The van der Waals surface area contributed by atoms with Gasteiger partial charge in [-0.25, -0.2) is 0 Å². The van der Waals surface area contributed by atoms with Crippen molar-refractivity contribution in [1.82, 2.24) is 10.2 Å². The number of aliphatic carboxylic acids is 1. The standard InChI is InChI=1S/C18H25N3O5/c1-4-20(11-16(22)23)15-9-13(10-15)19-17(24)18(2,3)12-5-7-14(8-6-12)21(25)26/h5-8,13,15H,4,9-11H2,1-3H3,(H,19,24)(H,22,23). The number of nitro groups is 1. The van der Waals surface area contributed by atoms with Gasteiger partial charge in [0.1, 0.15) is 0 Å². The van der Waals surface area contributed by atoms with Crippen molar-refractivity contribution in [2.45, 2.75) is 51.1 Å². The highest BCUT2D eigenvalue weighted by atomic mass is 16.6. The van der Waals surface area contributed by atoms with Crippen LogP contribution in [0.3, 0.4) is 0 Å². The number of carboxylic acids is 1. The fraction of sp³-hybridized carbons (Fsp3) is 0.556. The summed E-state index contributed by atoms with van der Waals surface area (Å²) in [5.74, 6) is -0.991. The maximum atomic E-state index is 12.7. The number of nitrogens with zero attached hydrogens (tertiary/aromatic N) is 2. The highest BCUT2D eigenvalue weighted by Gasteiger charge is 2.38. The normalized spacial score (nSPS) is 19.7. The minimum atomic E-state index is -0.848. The first kappa shape index (κ1) is 19.8. The fourth-order valence-corrected chi connectivity index (χ4v) is 3.17. The predicted molar refractivity (Wildman–Crippen MR) is 96.0 cm³/mol. The van der Waals surface area contributed by atoms with E-state index in [0.29, 0.717) is 12.1 Å². The molecule has 26 heavy (non-hydrogen) atoms. The van der Waals surface area contributed by atoms with Crippen molar-refractivity contribution in [2.75, 3.05) is 13.1 Å². The molecule has 0 aliphatic heterocycles. The second-order valence-electron chi connectivity index (χ2n) is 7.18. The van der Waals surface area contributed by atoms with Gasteiger partial charge in [0, 0.05) is 24.2 Å². The SMILES string of the molecule is CCN(CC(=O)O)C1CC(NC(=O)C(C)(C)c2ccc([N+](=O)[O-])cc2)C1. The Labute approximate surface area is 152 Å². The van der Waals surface area contributed by atoms with E-state index < -0.39 is 16.3 Å². The summed E-state index contributed by atoms with van der Waals surface area (Å²) in [6.45, 7) is 6.15. The van der Waals surface area contributed by atoms with Crippen LogP contribution in [-0.2, 0) is 15.0 Å². The molecule has 0 heterocycles. The first-order valence-electron chi connectivity index (χ1n) is 8.66. The lowest BCUT2D eigenvalue weighted by molar-refractivity contribution is -0.384. The molecule has 0 spiro atoms. The van der Waals surface area contributed by atoms with Crippen molar-refractivity contribution in [3.8, 4) is 0 Å². The fourth-order valence-electron chi connectivity index (χ4n) is 3.17. The Kier molecular flexibility index (Phi) is 5.97. The lowest BCUT2D eigenvalue weighted by Gasteiger charge is -2.43. The molecule has 0 unspecified atom stereocenters. The molecule has 1 aromatic carbocycles. The van der Waals surface area contributed by atoms with Gasteiger partial charge in [0.15, 0.2) is 0 Å². The van der Waals surface area contributed by atoms with Crippen LogP contribution in [0.1, 0.15) is 39.2 Å². The first-order valence-corrected chi connectivity index (χ1v) is 8.66. The lowest BCUT2D eigenvalue weighted by Crippen LogP contribution is -2.57. The number of carboxylic acid groups (broad SMARTS) is 1. The number of rotatable bonds is 8. The largest absolute Gasteiger partial charge is 0.480 e. The van der Waals surface area contributed by atoms with Crippen LogP contribution in [-0.4, -0.2) is 52.0 Å². The van der Waals surface area contributed by atoms with Crippen molar-refractivity contribution in [3.63, 3.8) is 0 Å². The number of carbonyl (C=O) groups excluding carboxylic acids is 1. The molecule has 0 aromatic heterocycles. The van der Waals surface area contributed by atoms with E-state index in [2.05, 4.69) is 5.32 Å². The molecule has 1 amide bonds. The molecule has 1 aliphatic carbocycles. The average molecular weight is 363 g/mol. The molecule has 8 nitrogen and oxygen atoms in total. The smallest absolute Gasteiger partial charge is 0.317 e. The molecule has 2 N–H and O–H groups in total. The van der Waals surface area contributed by atoms with Gasteiger partial charge >= 0.3 is 5.97 Å². The summed E-state index contributed by atoms with van der Waals surface area (Å²) in [7, 11) is 0. The molecule has 0 bridgehead atoms. The van der Waals surface area contributed by atoms with Gasteiger partial charge in [-0.2, -0.15) is 0 Å². The summed E-state index contributed by atoms with van der Waals surface area (Å²) in [4.78, 5) is 35.7. The van der Waals surface area contributed by atoms with E-state index in [-0.39, 0.29) is 30.2 Å². The van der Waals surface area contributed by atoms with Gasteiger partial charge in [-0.3, -0.25) is 24.6 Å². The molecular formula is C18H25N3O5. The first-order chi connectivity index (χ1) is 12.1. The van der Waals surface area contributed by atoms with Gasteiger partial charge in [0.25, 0.3) is 5.69 Å². The molecule has 1 aromatic rings. The van der Waals surface area contributed by atoms with Gasteiger partial charge in [-0.1, -0.05) is 19.1 Å². The third kappa shape index (κ3) is 4.37. The van der Waals surface area contributed by atoms with E-state index in [1.165, 1.54) is 12.1 Å². The quantitative estimate of drug-likeness (QED) is 0.539. The molecule has 2 rings (SSSR count). The summed E-state index contributed by atoms with van der Waals surface area (Å²) in [6.07, 6.45) is 1.45. The Morgan fingerprint density at radius 1 is 1.31 bits per heavy atom. The van der Waals surface area contributed by atoms with E-state index in [9.17, 15) is 19.7 Å². The second-order valence-corrected chi connectivity index (χ2v) is 7.18. The van der Waals surface area contributed by atoms with Crippen molar-refractivity contribution < 1.29 is 19.6 Å². The van der Waals surface area contributed by atoms with Crippen molar-refractivity contribution in [1.29, 1.82) is 0 Å². The number of non-ortho nitro benzene ring substituents is 1. The van der Waals surface area contributed by atoms with Crippen LogP contribution in [0.5, 0.6) is 0 Å². The Morgan fingerprint density at radius 3 is 2.35 bits per heavy atom. The summed E-state index contributed by atoms with van der Waals surface area (Å²) in [5.41, 5.74) is -0.117. The summed E-state index contributed by atoms with van der Waals surface area (Å²) in [5, 5.41) is 22.7. The summed E-state index contributed by atoms with van der Waals surface area (Å²) < 4.78 is 0. The maximum absolute atomic E-state index is 12.7. The average Bonchev–Trinajstić information content (AvgIpc) is 2.55. The van der Waals surface area contributed by atoms with Crippen LogP contribution in [0.2, 0.25) is 0 Å². The van der Waals surface area contributed by atoms with Crippen LogP contribution >= 0.6 is 0 Å². The minimum absolute atomic E-state index is 0.00937. The predicted octanol–water partition coefficient (Wildman–Crippen LogP) is 1.93. The molecule has 1 saturated carbocycles. The maximum Gasteiger partial charge on any atom is 0.317 e. The topological polar surface area (TPSA) is 113 Å². The molecule has 1 aliphatic rings. The van der Waals surface area contributed by atoms with Crippen LogP contribution in [0.4, 0.5) is 5.69 Å². The molecule has 0 atom stereocenters. The van der Waals surface area contributed by atoms with Gasteiger partial charge in [-0.15, -0.1) is 0 Å². The van der Waals surface area contributed by atoms with Crippen molar-refractivity contribution in [3.05, 3.63) is 39.9 Å². The van der Waals surface area contributed by atoms with E-state index >= 15 is 0 Å². The Morgan fingerprint density at radius 2 is 1.88 bits per heavy atom. The third-order valence-corrected chi connectivity index (χ3v) is 5.08. The Hall–Kier alpha value is -2.48. The molecule has 1 fully saturated rings. The zero-order valence-electron chi connectivity index (χ0n) is 15.3. The number of carbonyl (C=O) groups is 2. The summed E-state index contributed by atoms with van der Waals surface area (Å²) in [6, 6.07) is 6.19. The van der Waals surface area contributed by atoms with Gasteiger partial charge in [-0.05, 0) is 38.8 Å². The van der Waals surface area contributed by atoms with E-state index in [4.69, 9.17) is 5.11 Å². The monoisotopic (exact) mass is 363 g/mol. The zero-order valence-corrected chi connectivity index (χ0v) is 15.3.